The summed E-state index contributed by atoms with van der Waals surface area (Å²) in [6.07, 6.45) is 2.96. The van der Waals surface area contributed by atoms with Crippen LogP contribution in [0.3, 0.4) is 0 Å². The van der Waals surface area contributed by atoms with Gasteiger partial charge in [0.1, 0.15) is 11.3 Å². The Kier molecular flexibility index (Phi) is 5.31. The first kappa shape index (κ1) is 16.9. The van der Waals surface area contributed by atoms with Gasteiger partial charge in [0.25, 0.3) is 0 Å². The molecule has 7 heteroatoms. The topological polar surface area (TPSA) is 68.1 Å². The van der Waals surface area contributed by atoms with Gasteiger partial charge in [-0.1, -0.05) is 0 Å². The van der Waals surface area contributed by atoms with Crippen LogP contribution in [0.5, 0.6) is 5.75 Å². The molecular weight excluding hydrogens is 308 g/mol. The van der Waals surface area contributed by atoms with E-state index in [1.54, 1.807) is 6.92 Å². The standard InChI is InChI=1S/C16H17F2NO4/c1-3-23-16(21)11(8-19-9-4-5-9)14(20)10-6-7-12(17)15(22-2)13(10)18/h6-9,20H,3-5H2,1-2H3/b14-11+,19-8?. The monoisotopic (exact) mass is 325 g/mol. The van der Waals surface area contributed by atoms with E-state index in [1.807, 2.05) is 0 Å². The van der Waals surface area contributed by atoms with Crippen molar-refractivity contribution in [1.29, 1.82) is 0 Å². The van der Waals surface area contributed by atoms with Crippen LogP contribution >= 0.6 is 0 Å². The Balaban J connectivity index is 2.50. The number of benzene rings is 1. The van der Waals surface area contributed by atoms with Crippen LogP contribution in [0.4, 0.5) is 8.78 Å². The zero-order valence-electron chi connectivity index (χ0n) is 12.8. The normalized spacial score (nSPS) is 15.5. The maximum absolute atomic E-state index is 14.2. The number of ether oxygens (including phenoxy) is 2. The lowest BCUT2D eigenvalue weighted by Gasteiger charge is -2.10. The van der Waals surface area contributed by atoms with Crippen LogP contribution < -0.4 is 4.74 Å². The number of aliphatic imine (C=N–C) groups is 1. The Hall–Kier alpha value is -2.44. The van der Waals surface area contributed by atoms with Gasteiger partial charge in [0, 0.05) is 6.21 Å². The third-order valence-corrected chi connectivity index (χ3v) is 3.22. The summed E-state index contributed by atoms with van der Waals surface area (Å²) in [6.45, 7) is 1.69. The van der Waals surface area contributed by atoms with Gasteiger partial charge in [-0.2, -0.15) is 0 Å². The number of aliphatic hydroxyl groups is 1. The second kappa shape index (κ2) is 7.21. The van der Waals surface area contributed by atoms with Gasteiger partial charge in [-0.15, -0.1) is 0 Å². The molecule has 1 N–H and O–H groups in total. The van der Waals surface area contributed by atoms with Gasteiger partial charge in [-0.05, 0) is 31.9 Å². The van der Waals surface area contributed by atoms with Crippen LogP contribution in [-0.4, -0.2) is 37.0 Å². The molecular formula is C16H17F2NO4. The quantitative estimate of drug-likeness (QED) is 0.378. The minimum atomic E-state index is -1.10. The van der Waals surface area contributed by atoms with Gasteiger partial charge >= 0.3 is 5.97 Å². The summed E-state index contributed by atoms with van der Waals surface area (Å²) < 4.78 is 37.2. The lowest BCUT2D eigenvalue weighted by molar-refractivity contribution is -0.137. The highest BCUT2D eigenvalue weighted by atomic mass is 19.1. The highest BCUT2D eigenvalue weighted by molar-refractivity contribution is 6.15. The van der Waals surface area contributed by atoms with Gasteiger partial charge in [0.05, 0.1) is 25.3 Å². The number of nitrogens with zero attached hydrogens (tertiary/aromatic N) is 1. The highest BCUT2D eigenvalue weighted by Crippen LogP contribution is 2.29. The SMILES string of the molecule is CCOC(=O)/C(C=NC1CC1)=C(/O)c1ccc(F)c(OC)c1F. The maximum Gasteiger partial charge on any atom is 0.343 e. The van der Waals surface area contributed by atoms with Crippen molar-refractivity contribution >= 4 is 17.9 Å². The zero-order valence-corrected chi connectivity index (χ0v) is 12.8. The molecule has 0 bridgehead atoms. The summed E-state index contributed by atoms with van der Waals surface area (Å²) in [5.74, 6) is -4.17. The largest absolute Gasteiger partial charge is 0.506 e. The molecule has 1 aliphatic carbocycles. The molecule has 2 rings (SSSR count). The van der Waals surface area contributed by atoms with E-state index in [9.17, 15) is 18.7 Å². The van der Waals surface area contributed by atoms with Crippen molar-refractivity contribution in [2.24, 2.45) is 4.99 Å². The van der Waals surface area contributed by atoms with Crippen molar-refractivity contribution in [3.63, 3.8) is 0 Å². The zero-order chi connectivity index (χ0) is 17.0. The van der Waals surface area contributed by atoms with Crippen molar-refractivity contribution in [3.05, 3.63) is 34.9 Å². The molecule has 0 spiro atoms. The fourth-order valence-electron chi connectivity index (χ4n) is 1.87. The first-order valence-electron chi connectivity index (χ1n) is 7.15. The molecule has 0 atom stereocenters. The van der Waals surface area contributed by atoms with Crippen molar-refractivity contribution < 1.29 is 28.2 Å². The Morgan fingerprint density at radius 1 is 1.43 bits per heavy atom. The van der Waals surface area contributed by atoms with Gasteiger partial charge in [-0.25, -0.2) is 13.6 Å². The number of halogens is 2. The molecule has 5 nitrogen and oxygen atoms in total. The van der Waals surface area contributed by atoms with Gasteiger partial charge in [-0.3, -0.25) is 4.99 Å². The van der Waals surface area contributed by atoms with Gasteiger partial charge in [0.2, 0.25) is 0 Å². The number of hydrogen-bond acceptors (Lipinski definition) is 5. The number of rotatable bonds is 6. The minimum Gasteiger partial charge on any atom is -0.506 e. The van der Waals surface area contributed by atoms with Gasteiger partial charge in [0.15, 0.2) is 17.4 Å². The van der Waals surface area contributed by atoms with Crippen molar-refractivity contribution in [3.8, 4) is 5.75 Å². The molecule has 0 radical (unpaired) electrons. The molecule has 1 aromatic rings. The molecule has 1 saturated carbocycles. The van der Waals surface area contributed by atoms with Crippen LogP contribution in [0, 0.1) is 11.6 Å². The summed E-state index contributed by atoms with van der Waals surface area (Å²) >= 11 is 0. The first-order valence-corrected chi connectivity index (χ1v) is 7.15. The number of hydrogen-bond donors (Lipinski definition) is 1. The fraction of sp³-hybridized carbons (Fsp3) is 0.375. The Labute approximate surface area is 132 Å². The van der Waals surface area contributed by atoms with Crippen molar-refractivity contribution in [2.45, 2.75) is 25.8 Å². The van der Waals surface area contributed by atoms with Crippen molar-refractivity contribution in [1.82, 2.24) is 0 Å². The van der Waals surface area contributed by atoms with E-state index in [-0.39, 0.29) is 23.8 Å². The Morgan fingerprint density at radius 3 is 2.70 bits per heavy atom. The Morgan fingerprint density at radius 2 is 2.13 bits per heavy atom. The van der Waals surface area contributed by atoms with E-state index in [1.165, 1.54) is 6.21 Å². The van der Waals surface area contributed by atoms with E-state index >= 15 is 0 Å². The van der Waals surface area contributed by atoms with E-state index < -0.39 is 29.1 Å². The summed E-state index contributed by atoms with van der Waals surface area (Å²) in [7, 11) is 1.10. The van der Waals surface area contributed by atoms with E-state index in [0.717, 1.165) is 32.1 Å². The average molecular weight is 325 g/mol. The van der Waals surface area contributed by atoms with E-state index in [4.69, 9.17) is 4.74 Å². The molecule has 0 heterocycles. The van der Waals surface area contributed by atoms with Crippen molar-refractivity contribution in [2.75, 3.05) is 13.7 Å². The molecule has 23 heavy (non-hydrogen) atoms. The molecule has 0 amide bonds. The number of esters is 1. The highest BCUT2D eigenvalue weighted by Gasteiger charge is 2.24. The van der Waals surface area contributed by atoms with E-state index in [0.29, 0.717) is 0 Å². The first-order chi connectivity index (χ1) is 11.0. The van der Waals surface area contributed by atoms with E-state index in [2.05, 4.69) is 9.73 Å². The predicted molar refractivity (Wildman–Crippen MR) is 80.6 cm³/mol. The molecule has 1 aromatic carbocycles. The smallest absolute Gasteiger partial charge is 0.343 e. The van der Waals surface area contributed by atoms with Crippen LogP contribution in [0.25, 0.3) is 5.76 Å². The molecule has 0 aliphatic heterocycles. The lowest BCUT2D eigenvalue weighted by atomic mass is 10.1. The second-order valence-corrected chi connectivity index (χ2v) is 4.93. The number of methoxy groups -OCH3 is 1. The average Bonchev–Trinajstić information content (AvgIpc) is 3.32. The predicted octanol–water partition coefficient (Wildman–Crippen LogP) is 3.04. The van der Waals surface area contributed by atoms with Crippen LogP contribution in [-0.2, 0) is 9.53 Å². The summed E-state index contributed by atoms with van der Waals surface area (Å²) in [5.41, 5.74) is -0.653. The molecule has 0 unspecified atom stereocenters. The summed E-state index contributed by atoms with van der Waals surface area (Å²) in [4.78, 5) is 16.1. The van der Waals surface area contributed by atoms with Crippen LogP contribution in [0.2, 0.25) is 0 Å². The number of aliphatic hydroxyl groups excluding tert-OH is 1. The fourth-order valence-corrected chi connectivity index (χ4v) is 1.87. The molecule has 1 fully saturated rings. The van der Waals surface area contributed by atoms with Gasteiger partial charge < -0.3 is 14.6 Å². The summed E-state index contributed by atoms with van der Waals surface area (Å²) in [5, 5.41) is 10.3. The second-order valence-electron chi connectivity index (χ2n) is 4.93. The lowest BCUT2D eigenvalue weighted by Crippen LogP contribution is -2.12. The Bertz CT molecular complexity index is 666. The molecule has 0 aromatic heterocycles. The molecule has 0 saturated heterocycles. The third-order valence-electron chi connectivity index (χ3n) is 3.22. The minimum absolute atomic E-state index is 0.0854. The molecule has 1 aliphatic rings. The van der Waals surface area contributed by atoms with Crippen LogP contribution in [0.1, 0.15) is 25.3 Å². The molecule has 124 valence electrons. The number of carbonyl (C=O) groups excluding carboxylic acids is 1. The summed E-state index contributed by atoms with van der Waals surface area (Å²) in [6, 6.07) is 2.06. The van der Waals surface area contributed by atoms with Crippen LogP contribution in [0.15, 0.2) is 22.7 Å². The third kappa shape index (κ3) is 3.85. The number of carbonyl (C=O) groups is 1. The maximum atomic E-state index is 14.2.